The van der Waals surface area contributed by atoms with Crippen LogP contribution in [0.5, 0.6) is 0 Å². The van der Waals surface area contributed by atoms with Gasteiger partial charge in [0, 0.05) is 16.8 Å². The topological polar surface area (TPSA) is 3.24 Å². The van der Waals surface area contributed by atoms with Gasteiger partial charge in [0.25, 0.3) is 0 Å². The molecule has 0 N–H and O–H groups in total. The first kappa shape index (κ1) is 27.4. The van der Waals surface area contributed by atoms with Crippen LogP contribution in [0, 0.1) is 5.92 Å². The van der Waals surface area contributed by atoms with Crippen molar-refractivity contribution in [2.24, 2.45) is 5.92 Å². The van der Waals surface area contributed by atoms with Crippen molar-refractivity contribution in [3.63, 3.8) is 0 Å². The highest BCUT2D eigenvalue weighted by atomic mass is 15.3. The molecule has 1 heterocycles. The normalized spacial score (nSPS) is 22.3. The van der Waals surface area contributed by atoms with Crippen LogP contribution in [0.2, 0.25) is 0 Å². The van der Waals surface area contributed by atoms with Gasteiger partial charge in [-0.15, -0.1) is 0 Å². The van der Waals surface area contributed by atoms with Gasteiger partial charge < -0.3 is 4.90 Å². The summed E-state index contributed by atoms with van der Waals surface area (Å²) in [5, 5.41) is 7.81. The molecule has 0 aromatic heterocycles. The Bertz CT molecular complexity index is 2240. The van der Waals surface area contributed by atoms with Crippen LogP contribution in [0.3, 0.4) is 0 Å². The van der Waals surface area contributed by atoms with E-state index < -0.39 is 0 Å². The van der Waals surface area contributed by atoms with Gasteiger partial charge in [0.2, 0.25) is 0 Å². The van der Waals surface area contributed by atoms with Crippen molar-refractivity contribution in [2.75, 3.05) is 4.90 Å². The molecule has 0 spiro atoms. The maximum atomic E-state index is 2.68. The van der Waals surface area contributed by atoms with Gasteiger partial charge in [0.15, 0.2) is 0 Å². The van der Waals surface area contributed by atoms with Crippen molar-refractivity contribution in [3.05, 3.63) is 145 Å². The molecule has 0 radical (unpaired) electrons. The molecule has 1 aliphatic carbocycles. The molecule has 3 unspecified atom stereocenters. The van der Waals surface area contributed by atoms with Crippen molar-refractivity contribution >= 4 is 43.7 Å². The number of benzene rings is 7. The third kappa shape index (κ3) is 3.75. The van der Waals surface area contributed by atoms with Crippen LogP contribution in [0.15, 0.2) is 140 Å². The van der Waals surface area contributed by atoms with Gasteiger partial charge in [-0.2, -0.15) is 0 Å². The summed E-state index contributed by atoms with van der Waals surface area (Å²) in [5.74, 6) is 0.701. The fourth-order valence-electron chi connectivity index (χ4n) is 9.34. The lowest BCUT2D eigenvalue weighted by molar-refractivity contribution is 0.154. The van der Waals surface area contributed by atoms with E-state index in [1.807, 2.05) is 0 Å². The highest BCUT2D eigenvalue weighted by molar-refractivity contribution is 6.23. The Kier molecular flexibility index (Phi) is 6.00. The molecule has 1 heteroatoms. The average molecular weight is 594 g/mol. The SMILES string of the molecule is CC1CCC2(C)c3cc(-c4c5ccccc5c(-c5cccc6ccccc56)c5ccccc45)ccc3N(c3ccccc3)C2(C)C1. The second kappa shape index (κ2) is 10.1. The number of anilines is 2. The summed E-state index contributed by atoms with van der Waals surface area (Å²) in [6.45, 7) is 7.52. The highest BCUT2D eigenvalue weighted by Gasteiger charge is 2.58. The van der Waals surface area contributed by atoms with E-state index in [1.54, 1.807) is 0 Å². The minimum absolute atomic E-state index is 0.00926. The van der Waals surface area contributed by atoms with E-state index >= 15 is 0 Å². The van der Waals surface area contributed by atoms with E-state index in [-0.39, 0.29) is 11.0 Å². The van der Waals surface area contributed by atoms with Crippen molar-refractivity contribution in [3.8, 4) is 22.3 Å². The van der Waals surface area contributed by atoms with Crippen LogP contribution in [-0.4, -0.2) is 5.54 Å². The smallest absolute Gasteiger partial charge is 0.0520 e. The van der Waals surface area contributed by atoms with Crippen LogP contribution in [-0.2, 0) is 5.41 Å². The van der Waals surface area contributed by atoms with Gasteiger partial charge in [-0.05, 0) is 117 Å². The second-order valence-corrected chi connectivity index (χ2v) is 14.2. The fraction of sp³-hybridized carbons (Fsp3) is 0.200. The van der Waals surface area contributed by atoms with Gasteiger partial charge in [0.1, 0.15) is 0 Å². The Labute approximate surface area is 272 Å². The molecular formula is C45H39N. The first-order valence-corrected chi connectivity index (χ1v) is 16.9. The van der Waals surface area contributed by atoms with E-state index in [1.165, 1.54) is 90.8 Å². The van der Waals surface area contributed by atoms with Crippen LogP contribution in [0.4, 0.5) is 11.4 Å². The number of hydrogen-bond donors (Lipinski definition) is 0. The standard InChI is InChI=1S/C45H39N/c1-30-26-27-44(2)40-28-32(24-25-41(40)46(45(44,3)29-30)33-16-5-4-6-17-33)42-36-19-9-11-21-38(36)43(39-22-12-10-20-37(39)42)35-23-13-15-31-14-7-8-18-34(31)35/h4-25,28,30H,26-27,29H2,1-3H3. The Balaban J connectivity index is 1.33. The first-order valence-electron chi connectivity index (χ1n) is 16.9. The predicted octanol–water partition coefficient (Wildman–Crippen LogP) is 12.5. The second-order valence-electron chi connectivity index (χ2n) is 14.2. The maximum Gasteiger partial charge on any atom is 0.0520 e. The van der Waals surface area contributed by atoms with Gasteiger partial charge in [-0.3, -0.25) is 0 Å². The van der Waals surface area contributed by atoms with Crippen molar-refractivity contribution in [2.45, 2.75) is 51.0 Å². The van der Waals surface area contributed by atoms with Crippen molar-refractivity contribution < 1.29 is 0 Å². The Morgan fingerprint density at radius 3 is 1.87 bits per heavy atom. The summed E-state index contributed by atoms with van der Waals surface area (Å²) in [4.78, 5) is 2.68. The van der Waals surface area contributed by atoms with E-state index in [4.69, 9.17) is 0 Å². The summed E-state index contributed by atoms with van der Waals surface area (Å²) in [6, 6.07) is 52.1. The number of hydrogen-bond acceptors (Lipinski definition) is 1. The molecule has 0 amide bonds. The third-order valence-electron chi connectivity index (χ3n) is 11.7. The van der Waals surface area contributed by atoms with Gasteiger partial charge in [-0.25, -0.2) is 0 Å². The lowest BCUT2D eigenvalue weighted by Gasteiger charge is -2.52. The molecule has 3 atom stereocenters. The molecule has 1 fully saturated rings. The van der Waals surface area contributed by atoms with Crippen molar-refractivity contribution in [1.29, 1.82) is 0 Å². The largest absolute Gasteiger partial charge is 0.334 e. The number of nitrogens with zero attached hydrogens (tertiary/aromatic N) is 1. The summed E-state index contributed by atoms with van der Waals surface area (Å²) < 4.78 is 0. The van der Waals surface area contributed by atoms with Gasteiger partial charge in [0.05, 0.1) is 5.54 Å². The molecule has 1 nitrogen and oxygen atoms in total. The summed E-state index contributed by atoms with van der Waals surface area (Å²) in [7, 11) is 0. The van der Waals surface area contributed by atoms with Crippen LogP contribution in [0.25, 0.3) is 54.6 Å². The minimum atomic E-state index is 0.00926. The first-order chi connectivity index (χ1) is 22.5. The molecule has 9 rings (SSSR count). The molecule has 0 bridgehead atoms. The quantitative estimate of drug-likeness (QED) is 0.184. The third-order valence-corrected chi connectivity index (χ3v) is 11.7. The Morgan fingerprint density at radius 1 is 0.587 bits per heavy atom. The van der Waals surface area contributed by atoms with Crippen LogP contribution in [0.1, 0.15) is 45.6 Å². The Morgan fingerprint density at radius 2 is 1.17 bits per heavy atom. The molecule has 0 saturated heterocycles. The molecule has 2 aliphatic rings. The summed E-state index contributed by atoms with van der Waals surface area (Å²) in [6.07, 6.45) is 3.66. The summed E-state index contributed by atoms with van der Waals surface area (Å²) >= 11 is 0. The van der Waals surface area contributed by atoms with E-state index in [0.29, 0.717) is 5.92 Å². The highest BCUT2D eigenvalue weighted by Crippen LogP contribution is 2.62. The zero-order valence-corrected chi connectivity index (χ0v) is 26.9. The predicted molar refractivity (Wildman–Crippen MR) is 197 cm³/mol. The molecule has 7 aromatic carbocycles. The molecular weight excluding hydrogens is 555 g/mol. The molecule has 1 aliphatic heterocycles. The molecule has 7 aromatic rings. The van der Waals surface area contributed by atoms with Gasteiger partial charge in [-0.1, -0.05) is 129 Å². The van der Waals surface area contributed by atoms with E-state index in [2.05, 4.69) is 165 Å². The maximum absolute atomic E-state index is 2.68. The van der Waals surface area contributed by atoms with Crippen LogP contribution >= 0.6 is 0 Å². The van der Waals surface area contributed by atoms with Crippen LogP contribution < -0.4 is 4.90 Å². The number of para-hydroxylation sites is 1. The molecule has 1 saturated carbocycles. The lowest BCUT2D eigenvalue weighted by atomic mass is 9.59. The zero-order chi connectivity index (χ0) is 31.0. The molecule has 46 heavy (non-hydrogen) atoms. The lowest BCUT2D eigenvalue weighted by Crippen LogP contribution is -2.56. The fourth-order valence-corrected chi connectivity index (χ4v) is 9.34. The zero-order valence-electron chi connectivity index (χ0n) is 26.9. The van der Waals surface area contributed by atoms with Gasteiger partial charge >= 0.3 is 0 Å². The minimum Gasteiger partial charge on any atom is -0.334 e. The Hall–Kier alpha value is -4.88. The number of rotatable bonds is 3. The monoisotopic (exact) mass is 593 g/mol. The van der Waals surface area contributed by atoms with E-state index in [0.717, 1.165) is 0 Å². The summed E-state index contributed by atoms with van der Waals surface area (Å²) in [5.41, 5.74) is 9.49. The van der Waals surface area contributed by atoms with E-state index in [9.17, 15) is 0 Å². The average Bonchev–Trinajstić information content (AvgIpc) is 3.29. The number of fused-ring (bicyclic) bond motifs is 6. The molecule has 224 valence electrons. The van der Waals surface area contributed by atoms with Crippen molar-refractivity contribution in [1.82, 2.24) is 0 Å².